The van der Waals surface area contributed by atoms with E-state index >= 15 is 0 Å². The topological polar surface area (TPSA) is 69.6 Å². The first kappa shape index (κ1) is 18.4. The van der Waals surface area contributed by atoms with Crippen molar-refractivity contribution in [3.63, 3.8) is 0 Å². The number of carbonyl (C=O) groups excluding carboxylic acids is 2. The molecular weight excluding hydrogens is 325 g/mol. The highest BCUT2D eigenvalue weighted by Crippen LogP contribution is 2.38. The third-order valence-electron chi connectivity index (χ3n) is 4.30. The maximum absolute atomic E-state index is 12.9. The molecule has 0 aromatic heterocycles. The number of nitrogens with zero attached hydrogens (tertiary/aromatic N) is 1. The molecule has 2 N–H and O–H groups in total. The number of carbonyl (C=O) groups is 2. The molecule has 1 amide bonds. The standard InChI is InChI=1S/C16H19F3N2O3/c1-10(21-8-7-15(24,9-21)16(17,18)19)14(23)20-13-6-4-3-5-12(13)11(2)22/h3-6,10,24H,7-9H2,1-2H3,(H,20,23)/t10-,15+/m1/s1. The van der Waals surface area contributed by atoms with E-state index in [4.69, 9.17) is 0 Å². The van der Waals surface area contributed by atoms with E-state index in [0.717, 1.165) is 0 Å². The molecule has 132 valence electrons. The van der Waals surface area contributed by atoms with Gasteiger partial charge in [0.1, 0.15) is 0 Å². The number of β-amino-alcohol motifs (C(OH)–C–C–N with tert-alkyl or cyclic N) is 1. The summed E-state index contributed by atoms with van der Waals surface area (Å²) in [5, 5.41) is 12.3. The van der Waals surface area contributed by atoms with E-state index in [0.29, 0.717) is 11.3 Å². The van der Waals surface area contributed by atoms with Crippen LogP contribution in [0.4, 0.5) is 18.9 Å². The first-order valence-corrected chi connectivity index (χ1v) is 7.49. The van der Waals surface area contributed by atoms with Crippen LogP contribution in [0.1, 0.15) is 30.6 Å². The lowest BCUT2D eigenvalue weighted by atomic mass is 10.0. The Bertz CT molecular complexity index is 648. The van der Waals surface area contributed by atoms with E-state index in [1.807, 2.05) is 0 Å². The summed E-state index contributed by atoms with van der Waals surface area (Å²) in [4.78, 5) is 25.1. The summed E-state index contributed by atoms with van der Waals surface area (Å²) in [5.74, 6) is -0.763. The zero-order valence-electron chi connectivity index (χ0n) is 13.4. The number of benzene rings is 1. The van der Waals surface area contributed by atoms with Crippen LogP contribution >= 0.6 is 0 Å². The largest absolute Gasteiger partial charge is 0.418 e. The van der Waals surface area contributed by atoms with Gasteiger partial charge in [-0.05, 0) is 32.4 Å². The van der Waals surface area contributed by atoms with Crippen LogP contribution in [0.5, 0.6) is 0 Å². The molecule has 1 aliphatic rings. The van der Waals surface area contributed by atoms with Crippen LogP contribution in [0.3, 0.4) is 0 Å². The van der Waals surface area contributed by atoms with Crippen molar-refractivity contribution in [2.45, 2.75) is 38.1 Å². The molecule has 1 heterocycles. The molecule has 1 fully saturated rings. The predicted octanol–water partition coefficient (Wildman–Crippen LogP) is 2.22. The van der Waals surface area contributed by atoms with Crippen molar-refractivity contribution in [2.75, 3.05) is 18.4 Å². The highest BCUT2D eigenvalue weighted by molar-refractivity contribution is 6.04. The molecule has 0 bridgehead atoms. The average Bonchev–Trinajstić information content (AvgIpc) is 2.90. The first-order chi connectivity index (χ1) is 11.0. The quantitative estimate of drug-likeness (QED) is 0.822. The molecule has 1 aromatic carbocycles. The summed E-state index contributed by atoms with van der Waals surface area (Å²) in [5.41, 5.74) is -2.16. The van der Waals surface area contributed by atoms with Crippen molar-refractivity contribution in [2.24, 2.45) is 0 Å². The number of likely N-dealkylation sites (tertiary alicyclic amines) is 1. The Labute approximate surface area is 137 Å². The third kappa shape index (κ3) is 3.59. The van der Waals surface area contributed by atoms with Crippen molar-refractivity contribution in [3.8, 4) is 0 Å². The number of amides is 1. The van der Waals surface area contributed by atoms with Crippen molar-refractivity contribution >= 4 is 17.4 Å². The second kappa shape index (κ2) is 6.52. The minimum atomic E-state index is -4.74. The minimum absolute atomic E-state index is 0.0427. The van der Waals surface area contributed by atoms with Gasteiger partial charge in [-0.1, -0.05) is 12.1 Å². The SMILES string of the molecule is CC(=O)c1ccccc1NC(=O)[C@@H](C)N1CC[C@@](O)(C(F)(F)F)C1. The number of para-hydroxylation sites is 1. The summed E-state index contributed by atoms with van der Waals surface area (Å²) in [6, 6.07) is 5.53. The fraction of sp³-hybridized carbons (Fsp3) is 0.500. The summed E-state index contributed by atoms with van der Waals surface area (Å²) >= 11 is 0. The summed E-state index contributed by atoms with van der Waals surface area (Å²) in [7, 11) is 0. The van der Waals surface area contributed by atoms with Gasteiger partial charge in [0.25, 0.3) is 0 Å². The van der Waals surface area contributed by atoms with Crippen molar-refractivity contribution in [1.29, 1.82) is 0 Å². The van der Waals surface area contributed by atoms with Gasteiger partial charge in [-0.15, -0.1) is 0 Å². The molecule has 1 aromatic rings. The van der Waals surface area contributed by atoms with Crippen LogP contribution < -0.4 is 5.32 Å². The lowest BCUT2D eigenvalue weighted by Gasteiger charge is -2.28. The second-order valence-corrected chi connectivity index (χ2v) is 6.02. The molecule has 2 atom stereocenters. The number of hydrogen-bond acceptors (Lipinski definition) is 4. The number of nitrogens with one attached hydrogen (secondary N) is 1. The van der Waals surface area contributed by atoms with E-state index in [-0.39, 0.29) is 12.3 Å². The molecular formula is C16H19F3N2O3. The van der Waals surface area contributed by atoms with Gasteiger partial charge in [-0.25, -0.2) is 0 Å². The Morgan fingerprint density at radius 2 is 1.96 bits per heavy atom. The number of anilines is 1. The molecule has 0 unspecified atom stereocenters. The van der Waals surface area contributed by atoms with Crippen LogP contribution in [0.15, 0.2) is 24.3 Å². The summed E-state index contributed by atoms with van der Waals surface area (Å²) < 4.78 is 38.6. The fourth-order valence-corrected chi connectivity index (χ4v) is 2.69. The Kier molecular flexibility index (Phi) is 5.00. The zero-order chi connectivity index (χ0) is 18.1. The van der Waals surface area contributed by atoms with E-state index in [2.05, 4.69) is 5.32 Å². The fourth-order valence-electron chi connectivity index (χ4n) is 2.69. The van der Waals surface area contributed by atoms with Crippen molar-refractivity contribution < 1.29 is 27.9 Å². The predicted molar refractivity (Wildman–Crippen MR) is 81.7 cm³/mol. The number of rotatable bonds is 4. The van der Waals surface area contributed by atoms with Gasteiger partial charge in [0.15, 0.2) is 11.4 Å². The van der Waals surface area contributed by atoms with E-state index in [1.54, 1.807) is 24.3 Å². The van der Waals surface area contributed by atoms with Crippen LogP contribution in [-0.4, -0.2) is 52.6 Å². The number of Topliss-reactive ketones (excluding diaryl/α,β-unsaturated/α-hetero) is 1. The molecule has 2 rings (SSSR count). The van der Waals surface area contributed by atoms with Gasteiger partial charge in [0, 0.05) is 18.7 Å². The van der Waals surface area contributed by atoms with Gasteiger partial charge < -0.3 is 10.4 Å². The van der Waals surface area contributed by atoms with Crippen LogP contribution in [-0.2, 0) is 4.79 Å². The van der Waals surface area contributed by atoms with Gasteiger partial charge in [0.05, 0.1) is 11.7 Å². The Hall–Kier alpha value is -1.93. The maximum atomic E-state index is 12.9. The van der Waals surface area contributed by atoms with E-state index in [1.165, 1.54) is 18.7 Å². The second-order valence-electron chi connectivity index (χ2n) is 6.02. The van der Waals surface area contributed by atoms with Gasteiger partial charge in [-0.2, -0.15) is 13.2 Å². The number of alkyl halides is 3. The molecule has 8 heteroatoms. The lowest BCUT2D eigenvalue weighted by Crippen LogP contribution is -2.49. The van der Waals surface area contributed by atoms with Gasteiger partial charge in [-0.3, -0.25) is 14.5 Å². The van der Waals surface area contributed by atoms with Crippen LogP contribution in [0, 0.1) is 0 Å². The van der Waals surface area contributed by atoms with Crippen molar-refractivity contribution in [3.05, 3.63) is 29.8 Å². The summed E-state index contributed by atoms with van der Waals surface area (Å²) in [6.07, 6.45) is -5.21. The molecule has 24 heavy (non-hydrogen) atoms. The molecule has 1 saturated heterocycles. The molecule has 0 spiro atoms. The highest BCUT2D eigenvalue weighted by atomic mass is 19.4. The minimum Gasteiger partial charge on any atom is -0.379 e. The number of ketones is 1. The lowest BCUT2D eigenvalue weighted by molar-refractivity contribution is -0.254. The monoisotopic (exact) mass is 344 g/mol. The van der Waals surface area contributed by atoms with Gasteiger partial charge in [0.2, 0.25) is 5.91 Å². The normalized spacial score (nSPS) is 23.1. The van der Waals surface area contributed by atoms with Gasteiger partial charge >= 0.3 is 6.18 Å². The molecule has 5 nitrogen and oxygen atoms in total. The Morgan fingerprint density at radius 3 is 2.50 bits per heavy atom. The van der Waals surface area contributed by atoms with Crippen molar-refractivity contribution in [1.82, 2.24) is 4.90 Å². The van der Waals surface area contributed by atoms with E-state index < -0.39 is 36.7 Å². The smallest absolute Gasteiger partial charge is 0.379 e. The average molecular weight is 344 g/mol. The maximum Gasteiger partial charge on any atom is 0.418 e. The first-order valence-electron chi connectivity index (χ1n) is 7.49. The van der Waals surface area contributed by atoms with Crippen LogP contribution in [0.2, 0.25) is 0 Å². The van der Waals surface area contributed by atoms with Crippen LogP contribution in [0.25, 0.3) is 0 Å². The summed E-state index contributed by atoms with van der Waals surface area (Å²) in [6.45, 7) is 2.13. The Morgan fingerprint density at radius 1 is 1.33 bits per heavy atom. The third-order valence-corrected chi connectivity index (χ3v) is 4.30. The highest BCUT2D eigenvalue weighted by Gasteiger charge is 2.57. The zero-order valence-corrected chi connectivity index (χ0v) is 13.4. The number of halogens is 3. The number of aliphatic hydroxyl groups is 1. The molecule has 0 saturated carbocycles. The molecule has 0 aliphatic carbocycles. The van der Waals surface area contributed by atoms with E-state index in [9.17, 15) is 27.9 Å². The molecule has 1 aliphatic heterocycles. The molecule has 0 radical (unpaired) electrons. The Balaban J connectivity index is 2.08. The number of hydrogen-bond donors (Lipinski definition) is 2.